The van der Waals surface area contributed by atoms with Crippen LogP contribution in [0.1, 0.15) is 17.5 Å². The Balaban J connectivity index is 2.17. The van der Waals surface area contributed by atoms with Crippen molar-refractivity contribution in [3.05, 3.63) is 34.3 Å². The fraction of sp³-hybridized carbons (Fsp3) is 0.357. The number of aromatic nitrogens is 1. The molecule has 0 unspecified atom stereocenters. The molecule has 5 heteroatoms. The summed E-state index contributed by atoms with van der Waals surface area (Å²) in [5, 5.41) is 0. The highest BCUT2D eigenvalue weighted by Crippen LogP contribution is 2.28. The van der Waals surface area contributed by atoms with Gasteiger partial charge in [0.2, 0.25) is 0 Å². The molecular weight excluding hydrogens is 258 g/mol. The van der Waals surface area contributed by atoms with Crippen molar-refractivity contribution in [2.45, 2.75) is 20.4 Å². The summed E-state index contributed by atoms with van der Waals surface area (Å²) in [7, 11) is 2.06. The molecule has 0 saturated carbocycles. The van der Waals surface area contributed by atoms with Crippen molar-refractivity contribution >= 4 is 22.7 Å². The van der Waals surface area contributed by atoms with Crippen molar-refractivity contribution in [3.63, 3.8) is 0 Å². The molecule has 102 valence electrons. The molecular formula is C14H19N3OS. The van der Waals surface area contributed by atoms with E-state index in [2.05, 4.69) is 16.9 Å². The number of hydrogen-bond donors (Lipinski definition) is 1. The van der Waals surface area contributed by atoms with Gasteiger partial charge in [0.1, 0.15) is 5.75 Å². The molecule has 19 heavy (non-hydrogen) atoms. The van der Waals surface area contributed by atoms with Crippen LogP contribution < -0.4 is 15.4 Å². The first kappa shape index (κ1) is 13.7. The van der Waals surface area contributed by atoms with Crippen molar-refractivity contribution in [2.75, 3.05) is 24.3 Å². The van der Waals surface area contributed by atoms with E-state index < -0.39 is 0 Å². The van der Waals surface area contributed by atoms with Crippen molar-refractivity contribution < 1.29 is 4.74 Å². The van der Waals surface area contributed by atoms with Crippen LogP contribution in [0.5, 0.6) is 5.75 Å². The first-order valence-corrected chi connectivity index (χ1v) is 7.12. The van der Waals surface area contributed by atoms with E-state index >= 15 is 0 Å². The molecule has 0 saturated heterocycles. The Morgan fingerprint density at radius 3 is 2.84 bits per heavy atom. The van der Waals surface area contributed by atoms with Gasteiger partial charge in [-0.05, 0) is 26.0 Å². The zero-order chi connectivity index (χ0) is 13.8. The predicted molar refractivity (Wildman–Crippen MR) is 81.0 cm³/mol. The highest BCUT2D eigenvalue weighted by atomic mass is 32.1. The maximum absolute atomic E-state index is 5.88. The Bertz CT molecular complexity index is 553. The minimum absolute atomic E-state index is 0.616. The third-order valence-corrected chi connectivity index (χ3v) is 3.88. The van der Waals surface area contributed by atoms with E-state index in [1.54, 1.807) is 11.3 Å². The number of thiazole rings is 1. The number of anilines is 2. The monoisotopic (exact) mass is 277 g/mol. The molecule has 1 aromatic heterocycles. The minimum Gasteiger partial charge on any atom is -0.492 e. The summed E-state index contributed by atoms with van der Waals surface area (Å²) >= 11 is 1.68. The van der Waals surface area contributed by atoms with E-state index in [4.69, 9.17) is 10.5 Å². The molecule has 0 bridgehead atoms. The molecule has 1 aromatic carbocycles. The molecule has 0 aliphatic heterocycles. The summed E-state index contributed by atoms with van der Waals surface area (Å²) in [6, 6.07) is 5.87. The lowest BCUT2D eigenvalue weighted by Gasteiger charge is -2.20. The van der Waals surface area contributed by atoms with Gasteiger partial charge in [0, 0.05) is 23.7 Å². The van der Waals surface area contributed by atoms with Crippen LogP contribution in [-0.4, -0.2) is 18.6 Å². The number of hydrogen-bond acceptors (Lipinski definition) is 5. The summed E-state index contributed by atoms with van der Waals surface area (Å²) in [6.07, 6.45) is 0. The Hall–Kier alpha value is -1.75. The van der Waals surface area contributed by atoms with E-state index in [0.717, 1.165) is 23.7 Å². The van der Waals surface area contributed by atoms with Crippen molar-refractivity contribution in [3.8, 4) is 5.75 Å². The summed E-state index contributed by atoms with van der Waals surface area (Å²) < 4.78 is 5.52. The molecule has 2 rings (SSSR count). The second-order valence-corrected chi connectivity index (χ2v) is 5.31. The van der Waals surface area contributed by atoms with Gasteiger partial charge >= 0.3 is 0 Å². The van der Waals surface area contributed by atoms with Gasteiger partial charge in [-0.3, -0.25) is 0 Å². The quantitative estimate of drug-likeness (QED) is 0.853. The number of nitrogens with zero attached hydrogens (tertiary/aromatic N) is 2. The molecule has 0 fully saturated rings. The second-order valence-electron chi connectivity index (χ2n) is 4.37. The Kier molecular flexibility index (Phi) is 4.27. The van der Waals surface area contributed by atoms with Gasteiger partial charge < -0.3 is 15.4 Å². The largest absolute Gasteiger partial charge is 0.492 e. The van der Waals surface area contributed by atoms with E-state index in [0.29, 0.717) is 12.3 Å². The van der Waals surface area contributed by atoms with Gasteiger partial charge in [0.15, 0.2) is 0 Å². The smallest absolute Gasteiger partial charge is 0.144 e. The van der Waals surface area contributed by atoms with Gasteiger partial charge in [0.25, 0.3) is 0 Å². The van der Waals surface area contributed by atoms with Crippen LogP contribution in [0.4, 0.5) is 11.4 Å². The number of ether oxygens (including phenoxy) is 1. The van der Waals surface area contributed by atoms with Crippen molar-refractivity contribution in [1.29, 1.82) is 0 Å². The molecule has 4 nitrogen and oxygen atoms in total. The molecule has 1 heterocycles. The van der Waals surface area contributed by atoms with E-state index in [9.17, 15) is 0 Å². The molecule has 0 aliphatic rings. The first-order valence-electron chi connectivity index (χ1n) is 6.24. The van der Waals surface area contributed by atoms with E-state index in [-0.39, 0.29) is 0 Å². The maximum Gasteiger partial charge on any atom is 0.144 e. The second kappa shape index (κ2) is 5.93. The van der Waals surface area contributed by atoms with E-state index in [1.807, 2.05) is 37.6 Å². The molecule has 0 radical (unpaired) electrons. The summed E-state index contributed by atoms with van der Waals surface area (Å²) in [4.78, 5) is 7.72. The lowest BCUT2D eigenvalue weighted by Crippen LogP contribution is -2.16. The fourth-order valence-corrected chi connectivity index (χ4v) is 2.66. The highest BCUT2D eigenvalue weighted by molar-refractivity contribution is 7.09. The molecule has 0 atom stereocenters. The van der Waals surface area contributed by atoms with Gasteiger partial charge in [-0.25, -0.2) is 4.98 Å². The zero-order valence-electron chi connectivity index (χ0n) is 11.5. The normalized spacial score (nSPS) is 10.5. The topological polar surface area (TPSA) is 51.4 Å². The third kappa shape index (κ3) is 3.17. The summed E-state index contributed by atoms with van der Waals surface area (Å²) in [5.41, 5.74) is 10.6. The molecule has 0 amide bonds. The lowest BCUT2D eigenvalue weighted by molar-refractivity contribution is 0.342. The van der Waals surface area contributed by atoms with Crippen LogP contribution in [0, 0.1) is 6.92 Å². The number of benzene rings is 1. The average Bonchev–Trinajstić information content (AvgIpc) is 2.78. The van der Waals surface area contributed by atoms with Gasteiger partial charge in [-0.15, -0.1) is 11.3 Å². The minimum atomic E-state index is 0.616. The van der Waals surface area contributed by atoms with Gasteiger partial charge in [-0.2, -0.15) is 0 Å². The lowest BCUT2D eigenvalue weighted by atomic mass is 10.2. The van der Waals surface area contributed by atoms with Gasteiger partial charge in [-0.1, -0.05) is 0 Å². The molecule has 0 spiro atoms. The number of nitrogens with two attached hydrogens (primary N) is 1. The summed E-state index contributed by atoms with van der Waals surface area (Å²) in [5.74, 6) is 0.743. The standard InChI is InChI=1S/C14H19N3OS/c1-4-18-13-7-11(5-6-12(13)15)17(3)8-14-10(2)16-9-19-14/h5-7,9H,4,8,15H2,1-3H3. The number of nitrogen functional groups attached to an aromatic ring is 1. The maximum atomic E-state index is 5.88. The van der Waals surface area contributed by atoms with E-state index in [1.165, 1.54) is 4.88 Å². The Morgan fingerprint density at radius 2 is 2.21 bits per heavy atom. The van der Waals surface area contributed by atoms with Crippen LogP contribution >= 0.6 is 11.3 Å². The fourth-order valence-electron chi connectivity index (χ4n) is 1.83. The highest BCUT2D eigenvalue weighted by Gasteiger charge is 2.09. The molecule has 0 aliphatic carbocycles. The number of aryl methyl sites for hydroxylation is 1. The Labute approximate surface area is 117 Å². The van der Waals surface area contributed by atoms with Crippen LogP contribution in [-0.2, 0) is 6.54 Å². The third-order valence-electron chi connectivity index (χ3n) is 2.96. The number of rotatable bonds is 5. The zero-order valence-corrected chi connectivity index (χ0v) is 12.3. The average molecular weight is 277 g/mol. The summed E-state index contributed by atoms with van der Waals surface area (Å²) in [6.45, 7) is 5.45. The van der Waals surface area contributed by atoms with Crippen molar-refractivity contribution in [1.82, 2.24) is 4.98 Å². The molecule has 2 aromatic rings. The van der Waals surface area contributed by atoms with Crippen LogP contribution in [0.2, 0.25) is 0 Å². The predicted octanol–water partition coefficient (Wildman–Crippen LogP) is 3.07. The Morgan fingerprint density at radius 1 is 1.42 bits per heavy atom. The molecule has 2 N–H and O–H groups in total. The van der Waals surface area contributed by atoms with Gasteiger partial charge in [0.05, 0.1) is 30.0 Å². The van der Waals surface area contributed by atoms with Crippen LogP contribution in [0.3, 0.4) is 0 Å². The van der Waals surface area contributed by atoms with Crippen molar-refractivity contribution in [2.24, 2.45) is 0 Å². The first-order chi connectivity index (χ1) is 9.11. The SMILES string of the molecule is CCOc1cc(N(C)Cc2scnc2C)ccc1N. The van der Waals surface area contributed by atoms with Crippen LogP contribution in [0.15, 0.2) is 23.7 Å². The van der Waals surface area contributed by atoms with Crippen LogP contribution in [0.25, 0.3) is 0 Å².